The number of esters is 4. The molecule has 0 heterocycles. The van der Waals surface area contributed by atoms with Crippen LogP contribution >= 0.6 is 0 Å². The molecule has 0 amide bonds. The van der Waals surface area contributed by atoms with Crippen molar-refractivity contribution in [1.29, 1.82) is 0 Å². The van der Waals surface area contributed by atoms with Gasteiger partial charge in [0.25, 0.3) is 0 Å². The van der Waals surface area contributed by atoms with Gasteiger partial charge in [0.15, 0.2) is 11.5 Å². The fraction of sp³-hybridized carbons (Fsp3) is 0.655. The largest absolute Gasteiger partial charge is 0.461 e. The Balaban J connectivity index is 2.95. The van der Waals surface area contributed by atoms with Gasteiger partial charge < -0.3 is 24.7 Å². The van der Waals surface area contributed by atoms with E-state index in [-0.39, 0.29) is 36.4 Å². The van der Waals surface area contributed by atoms with Gasteiger partial charge in [-0.2, -0.15) is 0 Å². The van der Waals surface area contributed by atoms with Crippen LogP contribution in [0.1, 0.15) is 86.6 Å². The van der Waals surface area contributed by atoms with E-state index in [9.17, 15) is 19.2 Å². The molecule has 214 valence electrons. The molecule has 0 spiro atoms. The van der Waals surface area contributed by atoms with Crippen LogP contribution in [0, 0.1) is 17.3 Å². The molecule has 0 aliphatic carbocycles. The molecule has 0 aromatic heterocycles. The first-order chi connectivity index (χ1) is 17.7. The molecule has 0 aliphatic rings. The van der Waals surface area contributed by atoms with Crippen molar-refractivity contribution >= 4 is 23.9 Å². The van der Waals surface area contributed by atoms with Gasteiger partial charge in [0, 0.05) is 0 Å². The van der Waals surface area contributed by atoms with E-state index in [0.717, 1.165) is 12.8 Å². The average molecular weight is 536 g/mol. The number of benzene rings is 1. The maximum Gasteiger partial charge on any atom is 0.323 e. The average Bonchev–Trinajstić information content (AvgIpc) is 2.83. The predicted octanol–water partition coefficient (Wildman–Crippen LogP) is 4.76. The van der Waals surface area contributed by atoms with Crippen LogP contribution in [-0.4, -0.2) is 42.6 Å². The van der Waals surface area contributed by atoms with Crippen LogP contribution in [0.4, 0.5) is 0 Å². The first-order valence-corrected chi connectivity index (χ1v) is 13.4. The lowest BCUT2D eigenvalue weighted by molar-refractivity contribution is -0.165. The van der Waals surface area contributed by atoms with Crippen molar-refractivity contribution in [3.63, 3.8) is 0 Å². The molecule has 1 aromatic carbocycles. The van der Waals surface area contributed by atoms with Gasteiger partial charge in [0.1, 0.15) is 18.8 Å². The number of carbonyl (C=O) groups excluding carboxylic acids is 4. The van der Waals surface area contributed by atoms with E-state index in [1.54, 1.807) is 53.7 Å². The molecule has 0 aliphatic heterocycles. The quantitative estimate of drug-likeness (QED) is 0.264. The van der Waals surface area contributed by atoms with E-state index >= 15 is 0 Å². The highest BCUT2D eigenvalue weighted by atomic mass is 16.6. The second-order valence-corrected chi connectivity index (χ2v) is 10.9. The summed E-state index contributed by atoms with van der Waals surface area (Å²) in [7, 11) is 0. The predicted molar refractivity (Wildman–Crippen MR) is 144 cm³/mol. The second-order valence-electron chi connectivity index (χ2n) is 10.9. The molecule has 4 atom stereocenters. The Bertz CT molecular complexity index is 952. The van der Waals surface area contributed by atoms with Crippen LogP contribution in [0.25, 0.3) is 0 Å². The Morgan fingerprint density at radius 2 is 1.37 bits per heavy atom. The highest BCUT2D eigenvalue weighted by molar-refractivity contribution is 5.79. The summed E-state index contributed by atoms with van der Waals surface area (Å²) in [5.41, 5.74) is 5.99. The van der Waals surface area contributed by atoms with Gasteiger partial charge in [-0.3, -0.25) is 19.2 Å². The molecule has 38 heavy (non-hydrogen) atoms. The summed E-state index contributed by atoms with van der Waals surface area (Å²) in [5.74, 6) is -2.34. The maximum absolute atomic E-state index is 12.6. The van der Waals surface area contributed by atoms with E-state index < -0.39 is 41.4 Å². The topological polar surface area (TPSA) is 131 Å². The summed E-state index contributed by atoms with van der Waals surface area (Å²) in [6.45, 7) is 14.2. The van der Waals surface area contributed by atoms with E-state index in [4.69, 9.17) is 24.7 Å². The monoisotopic (exact) mass is 535 g/mol. The molecule has 2 N–H and O–H groups in total. The number of nitrogens with two attached hydrogens (primary N) is 1. The zero-order valence-electron chi connectivity index (χ0n) is 24.1. The second kappa shape index (κ2) is 15.5. The molecule has 2 unspecified atom stereocenters. The van der Waals surface area contributed by atoms with Crippen LogP contribution in [0.5, 0.6) is 11.5 Å². The summed E-state index contributed by atoms with van der Waals surface area (Å²) >= 11 is 0. The van der Waals surface area contributed by atoms with Gasteiger partial charge in [-0.05, 0) is 64.7 Å². The molecule has 1 rings (SSSR count). The first-order valence-electron chi connectivity index (χ1n) is 13.4. The van der Waals surface area contributed by atoms with Gasteiger partial charge in [-0.25, -0.2) is 0 Å². The van der Waals surface area contributed by atoms with Gasteiger partial charge in [0.2, 0.25) is 0 Å². The van der Waals surface area contributed by atoms with Gasteiger partial charge in [0.05, 0.1) is 17.3 Å². The highest BCUT2D eigenvalue weighted by Gasteiger charge is 2.26. The molecule has 1 aromatic rings. The Labute approximate surface area is 226 Å². The Morgan fingerprint density at radius 1 is 0.842 bits per heavy atom. The van der Waals surface area contributed by atoms with Crippen LogP contribution in [0.15, 0.2) is 18.2 Å². The SMILES string of the molecule is CCCC(C)C(=O)Oc1ccc(C[C@H](N)C(=O)OC[C@H](C)OC(=O)C(C)(C)C)cc1OC(=O)C(C)CCC. The van der Waals surface area contributed by atoms with Crippen LogP contribution in [0.2, 0.25) is 0 Å². The molecule has 0 bridgehead atoms. The van der Waals surface area contributed by atoms with Crippen molar-refractivity contribution in [2.75, 3.05) is 6.61 Å². The first kappa shape index (κ1) is 33.1. The van der Waals surface area contributed by atoms with E-state index in [1.165, 1.54) is 6.07 Å². The molecule has 9 heteroatoms. The molecule has 0 fully saturated rings. The zero-order chi connectivity index (χ0) is 29.0. The lowest BCUT2D eigenvalue weighted by atomic mass is 9.97. The number of ether oxygens (including phenoxy) is 4. The van der Waals surface area contributed by atoms with Crippen LogP contribution < -0.4 is 15.2 Å². The third-order valence-corrected chi connectivity index (χ3v) is 5.82. The fourth-order valence-corrected chi connectivity index (χ4v) is 3.40. The standard InChI is InChI=1S/C29H45NO8/c1-9-11-18(3)25(31)37-23-14-13-21(16-24(23)38-26(32)19(4)12-10-2)15-22(30)27(33)35-17-20(5)36-28(34)29(6,7)8/h13-14,16,18-20,22H,9-12,15,17,30H2,1-8H3/t18?,19?,20-,22-/m0/s1. The van der Waals surface area contributed by atoms with Crippen molar-refractivity contribution in [1.82, 2.24) is 0 Å². The van der Waals surface area contributed by atoms with Crippen molar-refractivity contribution in [2.45, 2.75) is 99.6 Å². The number of rotatable bonds is 14. The van der Waals surface area contributed by atoms with E-state index in [2.05, 4.69) is 0 Å². The number of carbonyl (C=O) groups is 4. The van der Waals surface area contributed by atoms with E-state index in [1.807, 2.05) is 13.8 Å². The lowest BCUT2D eigenvalue weighted by Crippen LogP contribution is -2.37. The number of hydrogen-bond acceptors (Lipinski definition) is 9. The molecule has 0 saturated heterocycles. The minimum atomic E-state index is -1.01. The molecule has 0 saturated carbocycles. The van der Waals surface area contributed by atoms with Gasteiger partial charge >= 0.3 is 23.9 Å². The Morgan fingerprint density at radius 3 is 1.87 bits per heavy atom. The molecule has 9 nitrogen and oxygen atoms in total. The van der Waals surface area contributed by atoms with E-state index in [0.29, 0.717) is 18.4 Å². The number of hydrogen-bond donors (Lipinski definition) is 1. The summed E-state index contributed by atoms with van der Waals surface area (Å²) in [6, 6.07) is 3.72. The smallest absolute Gasteiger partial charge is 0.323 e. The minimum absolute atomic E-state index is 0.0878. The molecular weight excluding hydrogens is 490 g/mol. The summed E-state index contributed by atoms with van der Waals surface area (Å²) in [5, 5.41) is 0. The van der Waals surface area contributed by atoms with Crippen molar-refractivity contribution in [3.8, 4) is 11.5 Å². The van der Waals surface area contributed by atoms with Crippen molar-refractivity contribution in [2.24, 2.45) is 23.0 Å². The Kier molecular flexibility index (Phi) is 13.5. The van der Waals surface area contributed by atoms with Gasteiger partial charge in [-0.1, -0.05) is 46.6 Å². The summed E-state index contributed by atoms with van der Waals surface area (Å²) in [4.78, 5) is 49.6. The fourth-order valence-electron chi connectivity index (χ4n) is 3.40. The minimum Gasteiger partial charge on any atom is -0.461 e. The van der Waals surface area contributed by atoms with Crippen molar-refractivity contribution < 1.29 is 38.1 Å². The summed E-state index contributed by atoms with van der Waals surface area (Å²) in [6.07, 6.45) is 2.43. The highest BCUT2D eigenvalue weighted by Crippen LogP contribution is 2.31. The molecular formula is C29H45NO8. The third kappa shape index (κ3) is 11.2. The Hall–Kier alpha value is -2.94. The van der Waals surface area contributed by atoms with Crippen molar-refractivity contribution in [3.05, 3.63) is 23.8 Å². The normalized spacial score (nSPS) is 14.6. The zero-order valence-corrected chi connectivity index (χ0v) is 24.1. The maximum atomic E-state index is 12.6. The van der Waals surface area contributed by atoms with Crippen LogP contribution in [-0.2, 0) is 35.1 Å². The summed E-state index contributed by atoms with van der Waals surface area (Å²) < 4.78 is 21.7. The third-order valence-electron chi connectivity index (χ3n) is 5.82. The lowest BCUT2D eigenvalue weighted by Gasteiger charge is -2.21. The van der Waals surface area contributed by atoms with Crippen LogP contribution in [0.3, 0.4) is 0 Å². The molecule has 0 radical (unpaired) electrons. The van der Waals surface area contributed by atoms with Gasteiger partial charge in [-0.15, -0.1) is 0 Å².